The summed E-state index contributed by atoms with van der Waals surface area (Å²) in [5, 5.41) is 8.71. The van der Waals surface area contributed by atoms with Gasteiger partial charge in [-0.3, -0.25) is 9.59 Å². The Hall–Kier alpha value is -1.66. The molecule has 0 atom stereocenters. The van der Waals surface area contributed by atoms with Crippen LogP contribution in [0.15, 0.2) is 18.2 Å². The van der Waals surface area contributed by atoms with Crippen LogP contribution in [0.3, 0.4) is 0 Å². The number of amides is 2. The van der Waals surface area contributed by atoms with Crippen molar-refractivity contribution in [1.82, 2.24) is 16.0 Å². The summed E-state index contributed by atoms with van der Waals surface area (Å²) in [5.41, 5.74) is 0.790. The molecule has 0 spiro atoms. The fourth-order valence-electron chi connectivity index (χ4n) is 2.43. The highest BCUT2D eigenvalue weighted by Gasteiger charge is 2.20. The van der Waals surface area contributed by atoms with Gasteiger partial charge in [-0.2, -0.15) is 0 Å². The van der Waals surface area contributed by atoms with Crippen molar-refractivity contribution < 1.29 is 14.0 Å². The second-order valence-electron chi connectivity index (χ2n) is 5.54. The minimum absolute atomic E-state index is 0. The van der Waals surface area contributed by atoms with E-state index in [1.165, 1.54) is 6.07 Å². The second-order valence-corrected chi connectivity index (χ2v) is 5.54. The standard InChI is InChI=1S/C16H22FN3O2.ClH/c1-11-2-3-13(10-14(11)17)16(22)20-9-8-19-15(21)12-4-6-18-7-5-12;/h2-3,10,12,18H,4-9H2,1H3,(H,19,21)(H,20,22);1H. The van der Waals surface area contributed by atoms with E-state index < -0.39 is 5.82 Å². The van der Waals surface area contributed by atoms with Crippen LogP contribution < -0.4 is 16.0 Å². The van der Waals surface area contributed by atoms with E-state index in [2.05, 4.69) is 16.0 Å². The first kappa shape index (κ1) is 19.4. The molecule has 1 fully saturated rings. The molecule has 0 bridgehead atoms. The molecule has 1 aromatic carbocycles. The van der Waals surface area contributed by atoms with Crippen LogP contribution in [0.2, 0.25) is 0 Å². The average Bonchev–Trinajstić information content (AvgIpc) is 2.54. The van der Waals surface area contributed by atoms with Gasteiger partial charge in [0.1, 0.15) is 5.82 Å². The molecule has 0 aliphatic carbocycles. The molecule has 1 heterocycles. The fraction of sp³-hybridized carbons (Fsp3) is 0.500. The van der Waals surface area contributed by atoms with Gasteiger partial charge in [0.15, 0.2) is 0 Å². The molecule has 2 rings (SSSR count). The molecule has 3 N–H and O–H groups in total. The molecule has 7 heteroatoms. The van der Waals surface area contributed by atoms with Crippen molar-refractivity contribution in [2.45, 2.75) is 19.8 Å². The molecule has 1 saturated heterocycles. The van der Waals surface area contributed by atoms with E-state index in [0.29, 0.717) is 18.7 Å². The lowest BCUT2D eigenvalue weighted by Gasteiger charge is -2.21. The number of rotatable bonds is 5. The zero-order valence-electron chi connectivity index (χ0n) is 13.2. The lowest BCUT2D eigenvalue weighted by atomic mass is 9.97. The van der Waals surface area contributed by atoms with Gasteiger partial charge in [-0.1, -0.05) is 6.07 Å². The largest absolute Gasteiger partial charge is 0.354 e. The first-order valence-corrected chi connectivity index (χ1v) is 7.60. The molecule has 2 amide bonds. The lowest BCUT2D eigenvalue weighted by Crippen LogP contribution is -2.41. The van der Waals surface area contributed by atoms with Crippen LogP contribution in [0, 0.1) is 18.7 Å². The quantitative estimate of drug-likeness (QED) is 0.708. The number of carbonyl (C=O) groups excluding carboxylic acids is 2. The normalized spacial score (nSPS) is 14.7. The Kier molecular flexibility index (Phi) is 7.98. The van der Waals surface area contributed by atoms with Crippen LogP contribution in [-0.4, -0.2) is 38.0 Å². The minimum atomic E-state index is -0.396. The SMILES string of the molecule is Cc1ccc(C(=O)NCCNC(=O)C2CCNCC2)cc1F.Cl. The van der Waals surface area contributed by atoms with Gasteiger partial charge in [-0.05, 0) is 50.6 Å². The summed E-state index contributed by atoms with van der Waals surface area (Å²) < 4.78 is 13.4. The number of halogens is 2. The molecule has 23 heavy (non-hydrogen) atoms. The molecule has 5 nitrogen and oxygen atoms in total. The summed E-state index contributed by atoms with van der Waals surface area (Å²) in [7, 11) is 0. The summed E-state index contributed by atoms with van der Waals surface area (Å²) in [6.45, 7) is 4.09. The Morgan fingerprint density at radius 1 is 1.22 bits per heavy atom. The maximum Gasteiger partial charge on any atom is 0.251 e. The van der Waals surface area contributed by atoms with Gasteiger partial charge < -0.3 is 16.0 Å². The van der Waals surface area contributed by atoms with Crippen molar-refractivity contribution >= 4 is 24.2 Å². The Balaban J connectivity index is 0.00000264. The Morgan fingerprint density at radius 3 is 2.52 bits per heavy atom. The highest BCUT2D eigenvalue weighted by atomic mass is 35.5. The van der Waals surface area contributed by atoms with Crippen molar-refractivity contribution in [2.24, 2.45) is 5.92 Å². The molecule has 0 aromatic heterocycles. The van der Waals surface area contributed by atoms with Gasteiger partial charge in [0.05, 0.1) is 0 Å². The van der Waals surface area contributed by atoms with Crippen molar-refractivity contribution in [3.63, 3.8) is 0 Å². The van der Waals surface area contributed by atoms with E-state index in [1.54, 1.807) is 19.1 Å². The molecule has 128 valence electrons. The van der Waals surface area contributed by atoms with Crippen LogP contribution in [0.4, 0.5) is 4.39 Å². The highest BCUT2D eigenvalue weighted by molar-refractivity contribution is 5.94. The number of hydrogen-bond acceptors (Lipinski definition) is 3. The molecule has 1 aliphatic heterocycles. The van der Waals surface area contributed by atoms with Gasteiger partial charge in [0, 0.05) is 24.6 Å². The molecule has 1 aliphatic rings. The Labute approximate surface area is 141 Å². The number of piperidine rings is 1. The van der Waals surface area contributed by atoms with E-state index in [-0.39, 0.29) is 35.7 Å². The van der Waals surface area contributed by atoms with Crippen molar-refractivity contribution in [3.05, 3.63) is 35.1 Å². The number of aryl methyl sites for hydroxylation is 1. The maximum atomic E-state index is 13.4. The van der Waals surface area contributed by atoms with Gasteiger partial charge in [0.25, 0.3) is 5.91 Å². The predicted molar refractivity (Wildman–Crippen MR) is 89.3 cm³/mol. The van der Waals surface area contributed by atoms with Gasteiger partial charge >= 0.3 is 0 Å². The summed E-state index contributed by atoms with van der Waals surface area (Å²) in [6, 6.07) is 4.38. The summed E-state index contributed by atoms with van der Waals surface area (Å²) >= 11 is 0. The van der Waals surface area contributed by atoms with Crippen LogP contribution >= 0.6 is 12.4 Å². The average molecular weight is 344 g/mol. The third kappa shape index (κ3) is 5.80. The Bertz CT molecular complexity index is 548. The lowest BCUT2D eigenvalue weighted by molar-refractivity contribution is -0.125. The second kappa shape index (κ2) is 9.47. The Morgan fingerprint density at radius 2 is 1.87 bits per heavy atom. The number of hydrogen-bond donors (Lipinski definition) is 3. The van der Waals surface area contributed by atoms with Crippen LogP contribution in [0.5, 0.6) is 0 Å². The molecule has 1 aromatic rings. The molecular formula is C16H23ClFN3O2. The highest BCUT2D eigenvalue weighted by Crippen LogP contribution is 2.11. The van der Waals surface area contributed by atoms with Gasteiger partial charge in [0.2, 0.25) is 5.91 Å². The summed E-state index contributed by atoms with van der Waals surface area (Å²) in [5.74, 6) is -0.637. The first-order chi connectivity index (χ1) is 10.6. The minimum Gasteiger partial charge on any atom is -0.354 e. The summed E-state index contributed by atoms with van der Waals surface area (Å²) in [6.07, 6.45) is 1.70. The fourth-order valence-corrected chi connectivity index (χ4v) is 2.43. The topological polar surface area (TPSA) is 70.2 Å². The van der Waals surface area contributed by atoms with Crippen LogP contribution in [0.25, 0.3) is 0 Å². The van der Waals surface area contributed by atoms with Crippen LogP contribution in [-0.2, 0) is 4.79 Å². The third-order valence-corrected chi connectivity index (χ3v) is 3.85. The molecule has 0 radical (unpaired) electrons. The number of benzene rings is 1. The van der Waals surface area contributed by atoms with E-state index in [0.717, 1.165) is 25.9 Å². The zero-order chi connectivity index (χ0) is 15.9. The molecule has 0 unspecified atom stereocenters. The molecule has 0 saturated carbocycles. The predicted octanol–water partition coefficient (Wildman–Crippen LogP) is 1.40. The van der Waals surface area contributed by atoms with E-state index in [9.17, 15) is 14.0 Å². The number of carbonyl (C=O) groups is 2. The van der Waals surface area contributed by atoms with Crippen LogP contribution in [0.1, 0.15) is 28.8 Å². The zero-order valence-corrected chi connectivity index (χ0v) is 14.0. The number of nitrogens with one attached hydrogen (secondary N) is 3. The van der Waals surface area contributed by atoms with Gasteiger partial charge in [-0.25, -0.2) is 4.39 Å². The third-order valence-electron chi connectivity index (χ3n) is 3.85. The van der Waals surface area contributed by atoms with Crippen molar-refractivity contribution in [3.8, 4) is 0 Å². The van der Waals surface area contributed by atoms with E-state index in [1.807, 2.05) is 0 Å². The summed E-state index contributed by atoms with van der Waals surface area (Å²) in [4.78, 5) is 23.7. The monoisotopic (exact) mass is 343 g/mol. The maximum absolute atomic E-state index is 13.4. The van der Waals surface area contributed by atoms with E-state index in [4.69, 9.17) is 0 Å². The smallest absolute Gasteiger partial charge is 0.251 e. The molecular weight excluding hydrogens is 321 g/mol. The van der Waals surface area contributed by atoms with E-state index >= 15 is 0 Å². The van der Waals surface area contributed by atoms with Crippen molar-refractivity contribution in [1.29, 1.82) is 0 Å². The van der Waals surface area contributed by atoms with Crippen molar-refractivity contribution in [2.75, 3.05) is 26.2 Å². The van der Waals surface area contributed by atoms with Gasteiger partial charge in [-0.15, -0.1) is 12.4 Å². The first-order valence-electron chi connectivity index (χ1n) is 7.60.